The largest absolute Gasteiger partial charge is 0.417 e. The fourth-order valence-electron chi connectivity index (χ4n) is 4.19. The van der Waals surface area contributed by atoms with Crippen molar-refractivity contribution in [3.8, 4) is 0 Å². The maximum absolute atomic E-state index is 13.1. The highest BCUT2D eigenvalue weighted by Gasteiger charge is 2.38. The molecule has 0 aromatic heterocycles. The van der Waals surface area contributed by atoms with Gasteiger partial charge in [-0.3, -0.25) is 4.79 Å². The first kappa shape index (κ1) is 25.3. The average Bonchev–Trinajstić information content (AvgIpc) is 2.77. The predicted octanol–water partition coefficient (Wildman–Crippen LogP) is 4.18. The Morgan fingerprint density at radius 3 is 2.50 bits per heavy atom. The van der Waals surface area contributed by atoms with E-state index < -0.39 is 31.7 Å². The zero-order valence-corrected chi connectivity index (χ0v) is 19.5. The second kappa shape index (κ2) is 10.3. The Morgan fingerprint density at radius 2 is 1.88 bits per heavy atom. The smallest absolute Gasteiger partial charge is 0.376 e. The van der Waals surface area contributed by atoms with Gasteiger partial charge in [-0.15, -0.1) is 0 Å². The summed E-state index contributed by atoms with van der Waals surface area (Å²) in [7, 11) is -4.12. The molecule has 2 aliphatic heterocycles. The van der Waals surface area contributed by atoms with Crippen LogP contribution in [0.2, 0.25) is 5.02 Å². The normalized spacial score (nSPS) is 21.7. The van der Waals surface area contributed by atoms with E-state index in [2.05, 4.69) is 0 Å². The summed E-state index contributed by atoms with van der Waals surface area (Å²) < 4.78 is 72.1. The number of amides is 1. The lowest BCUT2D eigenvalue weighted by molar-refractivity contribution is -0.141. The van der Waals surface area contributed by atoms with E-state index in [1.807, 2.05) is 6.92 Å². The third-order valence-corrected chi connectivity index (χ3v) is 8.16. The van der Waals surface area contributed by atoms with Crippen molar-refractivity contribution < 1.29 is 31.1 Å². The van der Waals surface area contributed by atoms with E-state index in [4.69, 9.17) is 16.3 Å². The minimum Gasteiger partial charge on any atom is -0.376 e. The van der Waals surface area contributed by atoms with Gasteiger partial charge in [0.05, 0.1) is 21.6 Å². The maximum atomic E-state index is 13.1. The molecule has 1 amide bonds. The number of benzene rings is 1. The highest BCUT2D eigenvalue weighted by molar-refractivity contribution is 7.89. The van der Waals surface area contributed by atoms with Crippen molar-refractivity contribution in [2.75, 3.05) is 32.8 Å². The average molecular weight is 497 g/mol. The Kier molecular flexibility index (Phi) is 8.11. The Morgan fingerprint density at radius 1 is 1.19 bits per heavy atom. The van der Waals surface area contributed by atoms with Gasteiger partial charge in [-0.2, -0.15) is 17.5 Å². The van der Waals surface area contributed by atoms with Crippen LogP contribution in [-0.2, 0) is 25.7 Å². The van der Waals surface area contributed by atoms with E-state index >= 15 is 0 Å². The summed E-state index contributed by atoms with van der Waals surface area (Å²) in [6, 6.07) is 2.59. The topological polar surface area (TPSA) is 66.9 Å². The second-order valence-corrected chi connectivity index (χ2v) is 10.6. The molecule has 1 aromatic rings. The molecule has 0 radical (unpaired) electrons. The van der Waals surface area contributed by atoms with Gasteiger partial charge in [-0.25, -0.2) is 8.42 Å². The van der Waals surface area contributed by atoms with Crippen LogP contribution in [0.25, 0.3) is 0 Å². The molecule has 0 N–H and O–H groups in total. The van der Waals surface area contributed by atoms with Crippen LogP contribution in [0.3, 0.4) is 0 Å². The van der Waals surface area contributed by atoms with E-state index in [1.54, 1.807) is 4.90 Å². The van der Waals surface area contributed by atoms with E-state index in [0.717, 1.165) is 35.7 Å². The van der Waals surface area contributed by atoms with Crippen LogP contribution in [0, 0.1) is 5.92 Å². The molecule has 11 heteroatoms. The number of carbonyl (C=O) groups is 1. The van der Waals surface area contributed by atoms with Gasteiger partial charge in [0.1, 0.15) is 0 Å². The van der Waals surface area contributed by atoms with Crippen molar-refractivity contribution in [3.05, 3.63) is 28.8 Å². The molecule has 1 unspecified atom stereocenters. The molecule has 0 bridgehead atoms. The highest BCUT2D eigenvalue weighted by Crippen LogP contribution is 2.37. The lowest BCUT2D eigenvalue weighted by Gasteiger charge is -2.37. The summed E-state index contributed by atoms with van der Waals surface area (Å²) in [5.41, 5.74) is -1.18. The van der Waals surface area contributed by atoms with Gasteiger partial charge >= 0.3 is 6.18 Å². The van der Waals surface area contributed by atoms with Crippen LogP contribution in [0.1, 0.15) is 44.6 Å². The van der Waals surface area contributed by atoms with Crippen LogP contribution >= 0.6 is 11.6 Å². The van der Waals surface area contributed by atoms with Crippen molar-refractivity contribution in [1.29, 1.82) is 0 Å². The number of hydrogen-bond donors (Lipinski definition) is 0. The molecule has 2 saturated heterocycles. The van der Waals surface area contributed by atoms with Crippen molar-refractivity contribution in [1.82, 2.24) is 9.21 Å². The number of sulfonamides is 1. The molecule has 0 aliphatic carbocycles. The van der Waals surface area contributed by atoms with Crippen molar-refractivity contribution in [2.45, 2.75) is 56.2 Å². The highest BCUT2D eigenvalue weighted by atomic mass is 35.5. The summed E-state index contributed by atoms with van der Waals surface area (Å²) in [5, 5.41) is -0.552. The number of likely N-dealkylation sites (tertiary alicyclic amines) is 1. The number of carbonyl (C=O) groups excluding carboxylic acids is 1. The standard InChI is InChI=1S/C21H28ClF3N2O4S/c1-2-12-31-16-4-3-9-26(14-16)20(28)15-7-10-27(11-8-15)32(29,30)17-5-6-19(22)18(13-17)21(23,24)25/h5-6,13,15-16H,2-4,7-12,14H2,1H3. The summed E-state index contributed by atoms with van der Waals surface area (Å²) >= 11 is 5.60. The Labute approximate surface area is 191 Å². The fourth-order valence-corrected chi connectivity index (χ4v) is 5.91. The molecule has 6 nitrogen and oxygen atoms in total. The summed E-state index contributed by atoms with van der Waals surface area (Å²) in [6.45, 7) is 4.04. The molecule has 0 saturated carbocycles. The summed E-state index contributed by atoms with van der Waals surface area (Å²) in [4.78, 5) is 14.3. The molecule has 1 atom stereocenters. The van der Waals surface area contributed by atoms with Gasteiger partial charge in [0.25, 0.3) is 0 Å². The Hall–Kier alpha value is -1.36. The van der Waals surface area contributed by atoms with Crippen LogP contribution in [0.5, 0.6) is 0 Å². The predicted molar refractivity (Wildman–Crippen MR) is 114 cm³/mol. The maximum Gasteiger partial charge on any atom is 0.417 e. The number of rotatable bonds is 6. The monoisotopic (exact) mass is 496 g/mol. The zero-order chi connectivity index (χ0) is 23.5. The van der Waals surface area contributed by atoms with Crippen LogP contribution in [-0.4, -0.2) is 62.4 Å². The van der Waals surface area contributed by atoms with Crippen molar-refractivity contribution in [3.63, 3.8) is 0 Å². The molecule has 2 fully saturated rings. The van der Waals surface area contributed by atoms with E-state index in [1.165, 1.54) is 0 Å². The molecular formula is C21H28ClF3N2O4S. The van der Waals surface area contributed by atoms with Crippen molar-refractivity contribution in [2.24, 2.45) is 5.92 Å². The molecule has 2 aliphatic rings. The van der Waals surface area contributed by atoms with Gasteiger partial charge < -0.3 is 9.64 Å². The molecule has 32 heavy (non-hydrogen) atoms. The fraction of sp³-hybridized carbons (Fsp3) is 0.667. The van der Waals surface area contributed by atoms with Gasteiger partial charge in [-0.05, 0) is 50.3 Å². The third-order valence-electron chi connectivity index (χ3n) is 5.93. The number of ether oxygens (including phenoxy) is 1. The number of piperidine rings is 2. The first-order valence-corrected chi connectivity index (χ1v) is 12.6. The SMILES string of the molecule is CCCOC1CCCN(C(=O)C2CCN(S(=O)(=O)c3ccc(Cl)c(C(F)(F)F)c3)CC2)C1. The number of alkyl halides is 3. The third kappa shape index (κ3) is 5.76. The molecular weight excluding hydrogens is 469 g/mol. The molecule has 2 heterocycles. The van der Waals surface area contributed by atoms with E-state index in [-0.39, 0.29) is 31.0 Å². The van der Waals surface area contributed by atoms with E-state index in [0.29, 0.717) is 38.6 Å². The summed E-state index contributed by atoms with van der Waals surface area (Å²) in [5.74, 6) is -0.306. The molecule has 180 valence electrons. The summed E-state index contributed by atoms with van der Waals surface area (Å²) in [6.07, 6.45) is -1.37. The molecule has 3 rings (SSSR count). The quantitative estimate of drug-likeness (QED) is 0.592. The van der Waals surface area contributed by atoms with Crippen LogP contribution in [0.4, 0.5) is 13.2 Å². The number of halogens is 4. The van der Waals surface area contributed by atoms with Gasteiger partial charge in [0.15, 0.2) is 0 Å². The van der Waals surface area contributed by atoms with Crippen molar-refractivity contribution >= 4 is 27.5 Å². The Bertz CT molecular complexity index is 918. The zero-order valence-electron chi connectivity index (χ0n) is 17.9. The second-order valence-electron chi connectivity index (χ2n) is 8.24. The molecule has 1 aromatic carbocycles. The first-order chi connectivity index (χ1) is 15.0. The van der Waals surface area contributed by atoms with Gasteiger partial charge in [0, 0.05) is 38.7 Å². The van der Waals surface area contributed by atoms with Gasteiger partial charge in [0.2, 0.25) is 15.9 Å². The lowest BCUT2D eigenvalue weighted by atomic mass is 9.95. The van der Waals surface area contributed by atoms with Crippen LogP contribution in [0.15, 0.2) is 23.1 Å². The number of hydrogen-bond acceptors (Lipinski definition) is 4. The minimum absolute atomic E-state index is 0.00213. The molecule has 0 spiro atoms. The van der Waals surface area contributed by atoms with Crippen LogP contribution < -0.4 is 0 Å². The van der Waals surface area contributed by atoms with Gasteiger partial charge in [-0.1, -0.05) is 18.5 Å². The van der Waals surface area contributed by atoms with E-state index in [9.17, 15) is 26.4 Å². The first-order valence-electron chi connectivity index (χ1n) is 10.8. The number of nitrogens with zero attached hydrogens (tertiary/aromatic N) is 2. The lowest BCUT2D eigenvalue weighted by Crippen LogP contribution is -2.48. The minimum atomic E-state index is -4.75. The Balaban J connectivity index is 1.63.